The number of aromatic nitrogens is 3. The van der Waals surface area contributed by atoms with Crippen molar-refractivity contribution in [1.29, 1.82) is 0 Å². The first kappa shape index (κ1) is 15.7. The number of amides is 1. The van der Waals surface area contributed by atoms with Crippen molar-refractivity contribution in [2.45, 2.75) is 51.7 Å². The molecule has 2 aromatic heterocycles. The van der Waals surface area contributed by atoms with E-state index in [1.807, 2.05) is 36.3 Å². The summed E-state index contributed by atoms with van der Waals surface area (Å²) in [4.78, 5) is 23.2. The van der Waals surface area contributed by atoms with Crippen molar-refractivity contribution in [3.05, 3.63) is 29.6 Å². The van der Waals surface area contributed by atoms with Gasteiger partial charge in [0.1, 0.15) is 16.9 Å². The first-order valence-electron chi connectivity index (χ1n) is 8.25. The molecule has 1 saturated heterocycles. The molecule has 128 valence electrons. The van der Waals surface area contributed by atoms with Gasteiger partial charge in [0, 0.05) is 18.9 Å². The maximum absolute atomic E-state index is 12.7. The molecule has 0 N–H and O–H groups in total. The van der Waals surface area contributed by atoms with Gasteiger partial charge >= 0.3 is 6.09 Å². The fraction of sp³-hybridized carbons (Fsp3) is 0.588. The summed E-state index contributed by atoms with van der Waals surface area (Å²) in [5.74, 6) is 0.823. The molecule has 1 spiro atoms. The van der Waals surface area contributed by atoms with Crippen LogP contribution in [0, 0.1) is 5.41 Å². The smallest absolute Gasteiger partial charge is 0.410 e. The summed E-state index contributed by atoms with van der Waals surface area (Å²) in [5, 5.41) is 0.416. The Morgan fingerprint density at radius 2 is 2.12 bits per heavy atom. The Balaban J connectivity index is 1.71. The monoisotopic (exact) mass is 348 g/mol. The molecule has 3 heterocycles. The van der Waals surface area contributed by atoms with Crippen LogP contribution in [0.15, 0.2) is 18.6 Å². The number of hydrogen-bond acceptors (Lipinski definition) is 4. The summed E-state index contributed by atoms with van der Waals surface area (Å²) in [5.41, 5.74) is 0.489. The second-order valence-corrected chi connectivity index (χ2v) is 8.28. The summed E-state index contributed by atoms with van der Waals surface area (Å²) in [6.07, 6.45) is 8.19. The van der Waals surface area contributed by atoms with Gasteiger partial charge in [-0.1, -0.05) is 11.6 Å². The molecule has 24 heavy (non-hydrogen) atoms. The lowest BCUT2D eigenvalue weighted by Gasteiger charge is -2.28. The predicted molar refractivity (Wildman–Crippen MR) is 90.0 cm³/mol. The zero-order valence-electron chi connectivity index (χ0n) is 14.1. The van der Waals surface area contributed by atoms with Gasteiger partial charge in [-0.2, -0.15) is 0 Å². The number of likely N-dealkylation sites (tertiary alicyclic amines) is 1. The van der Waals surface area contributed by atoms with Crippen molar-refractivity contribution < 1.29 is 9.53 Å². The molecule has 2 fully saturated rings. The van der Waals surface area contributed by atoms with Gasteiger partial charge in [0.2, 0.25) is 0 Å². The Morgan fingerprint density at radius 3 is 2.79 bits per heavy atom. The van der Waals surface area contributed by atoms with E-state index in [-0.39, 0.29) is 17.6 Å². The number of rotatable bonds is 1. The minimum Gasteiger partial charge on any atom is -0.444 e. The normalized spacial score (nSPS) is 22.3. The molecule has 7 heteroatoms. The lowest BCUT2D eigenvalue weighted by molar-refractivity contribution is 0.0211. The van der Waals surface area contributed by atoms with Crippen LogP contribution in [0.3, 0.4) is 0 Å². The van der Waals surface area contributed by atoms with Crippen molar-refractivity contribution in [2.75, 3.05) is 6.54 Å². The maximum Gasteiger partial charge on any atom is 0.410 e. The van der Waals surface area contributed by atoms with E-state index >= 15 is 0 Å². The number of fused-ring (bicyclic) bond motifs is 1. The number of carbonyl (C=O) groups excluding carboxylic acids is 1. The highest BCUT2D eigenvalue weighted by atomic mass is 35.5. The van der Waals surface area contributed by atoms with Gasteiger partial charge in [0.05, 0.1) is 12.2 Å². The predicted octanol–water partition coefficient (Wildman–Crippen LogP) is 3.84. The highest BCUT2D eigenvalue weighted by Gasteiger charge is 2.55. The van der Waals surface area contributed by atoms with Crippen LogP contribution in [0.5, 0.6) is 0 Å². The van der Waals surface area contributed by atoms with Crippen LogP contribution in [0.2, 0.25) is 5.15 Å². The zero-order valence-corrected chi connectivity index (χ0v) is 14.9. The van der Waals surface area contributed by atoms with Crippen LogP contribution in [0.4, 0.5) is 4.79 Å². The fourth-order valence-electron chi connectivity index (χ4n) is 3.50. The van der Waals surface area contributed by atoms with Crippen LogP contribution in [0.25, 0.3) is 5.52 Å². The van der Waals surface area contributed by atoms with Gasteiger partial charge < -0.3 is 4.74 Å². The van der Waals surface area contributed by atoms with E-state index in [9.17, 15) is 4.79 Å². The minimum atomic E-state index is -0.511. The van der Waals surface area contributed by atoms with E-state index in [0.29, 0.717) is 5.15 Å². The lowest BCUT2D eigenvalue weighted by atomic mass is 10.0. The third-order valence-electron chi connectivity index (χ3n) is 4.83. The molecule has 1 aliphatic heterocycles. The highest BCUT2D eigenvalue weighted by Crippen LogP contribution is 2.58. The van der Waals surface area contributed by atoms with E-state index in [0.717, 1.165) is 37.1 Å². The van der Waals surface area contributed by atoms with Crippen LogP contribution in [-0.2, 0) is 4.74 Å². The van der Waals surface area contributed by atoms with Crippen LogP contribution in [-0.4, -0.2) is 37.5 Å². The molecular formula is C17H21ClN4O2. The SMILES string of the molecule is CC(C)(C)OC(=O)N1CC2(CC2)CC1c1ncc2c(Cl)nccn12. The molecule has 1 aliphatic carbocycles. The van der Waals surface area contributed by atoms with Crippen LogP contribution < -0.4 is 0 Å². The average Bonchev–Trinajstić information content (AvgIpc) is 2.92. The zero-order chi connectivity index (χ0) is 17.1. The maximum atomic E-state index is 12.7. The summed E-state index contributed by atoms with van der Waals surface area (Å²) in [6.45, 7) is 6.40. The number of ether oxygens (including phenoxy) is 1. The van der Waals surface area contributed by atoms with Gasteiger partial charge in [-0.25, -0.2) is 14.8 Å². The topological polar surface area (TPSA) is 59.7 Å². The van der Waals surface area contributed by atoms with Gasteiger partial charge in [-0.3, -0.25) is 9.30 Å². The Kier molecular flexibility index (Phi) is 3.33. The van der Waals surface area contributed by atoms with E-state index in [2.05, 4.69) is 9.97 Å². The second-order valence-electron chi connectivity index (χ2n) is 7.92. The molecule has 0 bridgehead atoms. The van der Waals surface area contributed by atoms with E-state index in [4.69, 9.17) is 16.3 Å². The number of halogens is 1. The molecule has 1 amide bonds. The second kappa shape index (κ2) is 5.09. The number of carbonyl (C=O) groups is 1. The lowest BCUT2D eigenvalue weighted by Crippen LogP contribution is -2.37. The number of nitrogens with zero attached hydrogens (tertiary/aromatic N) is 4. The largest absolute Gasteiger partial charge is 0.444 e. The summed E-state index contributed by atoms with van der Waals surface area (Å²) in [6, 6.07) is -0.0942. The highest BCUT2D eigenvalue weighted by molar-refractivity contribution is 6.32. The van der Waals surface area contributed by atoms with Crippen molar-refractivity contribution in [1.82, 2.24) is 19.3 Å². The third kappa shape index (κ3) is 2.62. The molecule has 1 saturated carbocycles. The quantitative estimate of drug-likeness (QED) is 0.785. The Labute approximate surface area is 145 Å². The van der Waals surface area contributed by atoms with Gasteiger partial charge in [0.25, 0.3) is 0 Å². The van der Waals surface area contributed by atoms with Gasteiger partial charge in [0.15, 0.2) is 5.15 Å². The Bertz CT molecular complexity index is 807. The third-order valence-corrected chi connectivity index (χ3v) is 5.12. The Morgan fingerprint density at radius 1 is 1.38 bits per heavy atom. The fourth-order valence-corrected chi connectivity index (χ4v) is 3.70. The summed E-state index contributed by atoms with van der Waals surface area (Å²) < 4.78 is 7.55. The molecular weight excluding hydrogens is 328 g/mol. The summed E-state index contributed by atoms with van der Waals surface area (Å²) >= 11 is 6.15. The van der Waals surface area contributed by atoms with Crippen molar-refractivity contribution in [3.63, 3.8) is 0 Å². The number of hydrogen-bond donors (Lipinski definition) is 0. The van der Waals surface area contributed by atoms with E-state index in [1.54, 1.807) is 12.4 Å². The first-order chi connectivity index (χ1) is 11.3. The standard InChI is InChI=1S/C17H21ClN4O2/c1-16(2,3)24-15(23)22-10-17(4-5-17)8-11(22)14-20-9-12-13(18)19-6-7-21(12)14/h6-7,9,11H,4-5,8,10H2,1-3H3. The molecule has 4 rings (SSSR count). The van der Waals surface area contributed by atoms with E-state index < -0.39 is 5.60 Å². The first-order valence-corrected chi connectivity index (χ1v) is 8.63. The molecule has 0 radical (unpaired) electrons. The minimum absolute atomic E-state index is 0.0942. The van der Waals surface area contributed by atoms with Crippen molar-refractivity contribution >= 4 is 23.2 Å². The molecule has 2 aliphatic rings. The van der Waals surface area contributed by atoms with E-state index in [1.165, 1.54) is 0 Å². The van der Waals surface area contributed by atoms with Gasteiger partial charge in [-0.05, 0) is 45.4 Å². The van der Waals surface area contributed by atoms with Crippen LogP contribution >= 0.6 is 11.6 Å². The van der Waals surface area contributed by atoms with Gasteiger partial charge in [-0.15, -0.1) is 0 Å². The Hall–Kier alpha value is -1.82. The molecule has 1 atom stereocenters. The number of imidazole rings is 1. The van der Waals surface area contributed by atoms with Crippen molar-refractivity contribution in [2.24, 2.45) is 5.41 Å². The molecule has 6 nitrogen and oxygen atoms in total. The molecule has 1 unspecified atom stereocenters. The average molecular weight is 349 g/mol. The molecule has 2 aromatic rings. The van der Waals surface area contributed by atoms with Crippen LogP contribution in [0.1, 0.15) is 51.9 Å². The summed E-state index contributed by atoms with van der Waals surface area (Å²) in [7, 11) is 0. The van der Waals surface area contributed by atoms with Crippen molar-refractivity contribution in [3.8, 4) is 0 Å². The molecule has 0 aromatic carbocycles.